The Morgan fingerprint density at radius 1 is 0.468 bits per heavy atom. The Bertz CT molecular complexity index is 3440. The van der Waals surface area contributed by atoms with Crippen LogP contribution in [0.2, 0.25) is 0 Å². The summed E-state index contributed by atoms with van der Waals surface area (Å²) in [7, 11) is 0. The van der Waals surface area contributed by atoms with Gasteiger partial charge < -0.3 is 14.2 Å². The summed E-state index contributed by atoms with van der Waals surface area (Å²) in [6, 6.07) is 73.8. The predicted molar refractivity (Wildman–Crippen MR) is 256 cm³/mol. The van der Waals surface area contributed by atoms with Gasteiger partial charge in [-0.2, -0.15) is 0 Å². The summed E-state index contributed by atoms with van der Waals surface area (Å²) in [6.07, 6.45) is 9.92. The molecule has 62 heavy (non-hydrogen) atoms. The van der Waals surface area contributed by atoms with Crippen molar-refractivity contribution in [3.63, 3.8) is 0 Å². The summed E-state index contributed by atoms with van der Waals surface area (Å²) < 4.78 is 9.29. The van der Waals surface area contributed by atoms with Crippen LogP contribution in [0.15, 0.2) is 224 Å². The molecule has 0 bridgehead atoms. The molecule has 1 spiro atoms. The standard InChI is InChI=1S/C59H40N2O/c1-3-15-39(16-4-1)40-27-30-43(31-28-40)60(45-32-34-48-47-21-9-12-24-54(47)61(55(48)38-45)42-18-5-2-6-19-42)44-33-35-49-53(37-44)59(52-36-29-41-17-7-8-20-46(41)58(49)52)50-22-10-13-25-56(50)62-57-26-14-11-23-51(57)59/h1-18,20-38,42H,19H2. The molecule has 1 unspecified atom stereocenters. The number of ether oxygens (including phenoxy) is 1. The molecule has 3 heteroatoms. The van der Waals surface area contributed by atoms with Crippen LogP contribution in [0.4, 0.5) is 17.1 Å². The molecule has 13 rings (SSSR count). The molecular weight excluding hydrogens is 753 g/mol. The topological polar surface area (TPSA) is 17.4 Å². The molecule has 0 fully saturated rings. The Labute approximate surface area is 360 Å². The molecule has 1 atom stereocenters. The monoisotopic (exact) mass is 792 g/mol. The maximum absolute atomic E-state index is 6.75. The minimum absolute atomic E-state index is 0.220. The van der Waals surface area contributed by atoms with E-state index in [4.69, 9.17) is 4.74 Å². The van der Waals surface area contributed by atoms with Gasteiger partial charge in [-0.25, -0.2) is 0 Å². The van der Waals surface area contributed by atoms with Gasteiger partial charge >= 0.3 is 0 Å². The molecule has 3 nitrogen and oxygen atoms in total. The Morgan fingerprint density at radius 3 is 1.90 bits per heavy atom. The van der Waals surface area contributed by atoms with Crippen LogP contribution in [-0.4, -0.2) is 4.57 Å². The molecule has 1 aromatic heterocycles. The van der Waals surface area contributed by atoms with E-state index in [2.05, 4.69) is 234 Å². The van der Waals surface area contributed by atoms with Gasteiger partial charge in [-0.1, -0.05) is 170 Å². The summed E-state index contributed by atoms with van der Waals surface area (Å²) in [6.45, 7) is 0. The summed E-state index contributed by atoms with van der Waals surface area (Å²) in [4.78, 5) is 2.46. The Kier molecular flexibility index (Phi) is 7.65. The number of benzene rings is 9. The SMILES string of the molecule is C1=CCC(n2c3ccccc3c3ccc(N(c4ccc(-c5ccccc5)cc4)c4ccc5c(c4)C4(c6ccccc6Oc6ccccc64)c4ccc6ccccc6c4-5)cc32)C=C1. The van der Waals surface area contributed by atoms with Crippen molar-refractivity contribution in [2.75, 3.05) is 4.90 Å². The number of hydrogen-bond donors (Lipinski definition) is 0. The van der Waals surface area contributed by atoms with Crippen LogP contribution >= 0.6 is 0 Å². The number of anilines is 3. The van der Waals surface area contributed by atoms with E-state index in [1.165, 1.54) is 66.0 Å². The summed E-state index contributed by atoms with van der Waals surface area (Å²) in [5.41, 5.74) is 14.9. The number of nitrogens with zero attached hydrogens (tertiary/aromatic N) is 2. The van der Waals surface area contributed by atoms with E-state index >= 15 is 0 Å². The first-order valence-electron chi connectivity index (χ1n) is 21.6. The number of para-hydroxylation sites is 3. The third kappa shape index (κ3) is 5.00. The highest BCUT2D eigenvalue weighted by atomic mass is 16.5. The van der Waals surface area contributed by atoms with Gasteiger partial charge in [-0.05, 0) is 105 Å². The number of rotatable bonds is 5. The fourth-order valence-corrected chi connectivity index (χ4v) is 10.9. The van der Waals surface area contributed by atoms with Crippen molar-refractivity contribution < 1.29 is 4.74 Å². The maximum Gasteiger partial charge on any atom is 0.132 e. The zero-order valence-corrected chi connectivity index (χ0v) is 33.9. The van der Waals surface area contributed by atoms with Crippen molar-refractivity contribution in [2.45, 2.75) is 17.9 Å². The van der Waals surface area contributed by atoms with Gasteiger partial charge in [0.15, 0.2) is 0 Å². The fourth-order valence-electron chi connectivity index (χ4n) is 10.9. The average molecular weight is 793 g/mol. The van der Waals surface area contributed by atoms with Crippen LogP contribution in [0.3, 0.4) is 0 Å². The lowest BCUT2D eigenvalue weighted by Crippen LogP contribution is -2.32. The molecular formula is C59H40N2O. The average Bonchev–Trinajstić information content (AvgIpc) is 3.83. The van der Waals surface area contributed by atoms with Crippen molar-refractivity contribution in [1.82, 2.24) is 4.57 Å². The number of fused-ring (bicyclic) bond motifs is 14. The van der Waals surface area contributed by atoms with E-state index < -0.39 is 5.41 Å². The first-order chi connectivity index (χ1) is 30.8. The van der Waals surface area contributed by atoms with E-state index in [0.717, 1.165) is 46.1 Å². The van der Waals surface area contributed by atoms with Crippen LogP contribution in [0.5, 0.6) is 11.5 Å². The number of aromatic nitrogens is 1. The Hall–Kier alpha value is -7.88. The summed E-state index contributed by atoms with van der Waals surface area (Å²) >= 11 is 0. The van der Waals surface area contributed by atoms with Crippen molar-refractivity contribution >= 4 is 49.6 Å². The molecule has 1 aliphatic heterocycles. The highest BCUT2D eigenvalue weighted by Gasteiger charge is 2.51. The van der Waals surface area contributed by atoms with Crippen LogP contribution in [0.1, 0.15) is 34.7 Å². The van der Waals surface area contributed by atoms with Crippen LogP contribution in [0, 0.1) is 0 Å². The minimum Gasteiger partial charge on any atom is -0.457 e. The normalized spacial score (nSPS) is 15.3. The van der Waals surface area contributed by atoms with E-state index in [9.17, 15) is 0 Å². The second-order valence-corrected chi connectivity index (χ2v) is 16.7. The third-order valence-corrected chi connectivity index (χ3v) is 13.5. The summed E-state index contributed by atoms with van der Waals surface area (Å²) in [5.74, 6) is 1.78. The van der Waals surface area contributed by atoms with E-state index in [1.54, 1.807) is 0 Å². The molecule has 0 amide bonds. The zero-order valence-electron chi connectivity index (χ0n) is 33.9. The lowest BCUT2D eigenvalue weighted by atomic mass is 9.66. The molecule has 10 aromatic rings. The second-order valence-electron chi connectivity index (χ2n) is 16.7. The van der Waals surface area contributed by atoms with Gasteiger partial charge in [0.25, 0.3) is 0 Å². The van der Waals surface area contributed by atoms with Crippen molar-refractivity contribution in [3.05, 3.63) is 247 Å². The van der Waals surface area contributed by atoms with Gasteiger partial charge in [0, 0.05) is 44.5 Å². The number of allylic oxidation sites excluding steroid dienone is 4. The molecule has 9 aromatic carbocycles. The van der Waals surface area contributed by atoms with Gasteiger partial charge in [-0.15, -0.1) is 0 Å². The fraction of sp³-hybridized carbons (Fsp3) is 0.0508. The zero-order chi connectivity index (χ0) is 40.8. The van der Waals surface area contributed by atoms with Gasteiger partial charge in [0.2, 0.25) is 0 Å². The predicted octanol–water partition coefficient (Wildman–Crippen LogP) is 15.6. The highest BCUT2D eigenvalue weighted by Crippen LogP contribution is 2.63. The molecule has 0 saturated carbocycles. The maximum atomic E-state index is 6.75. The van der Waals surface area contributed by atoms with Crippen LogP contribution in [0.25, 0.3) is 54.8 Å². The minimum atomic E-state index is -0.615. The Balaban J connectivity index is 1.09. The summed E-state index contributed by atoms with van der Waals surface area (Å²) in [5, 5.41) is 5.03. The largest absolute Gasteiger partial charge is 0.457 e. The second kappa shape index (κ2) is 13.6. The van der Waals surface area contributed by atoms with Gasteiger partial charge in [-0.3, -0.25) is 0 Å². The molecule has 0 N–H and O–H groups in total. The molecule has 0 radical (unpaired) electrons. The van der Waals surface area contributed by atoms with E-state index in [-0.39, 0.29) is 6.04 Å². The first kappa shape index (κ1) is 34.9. The first-order valence-corrected chi connectivity index (χ1v) is 21.6. The molecule has 292 valence electrons. The van der Waals surface area contributed by atoms with Gasteiger partial charge in [0.1, 0.15) is 11.5 Å². The van der Waals surface area contributed by atoms with Crippen molar-refractivity contribution in [3.8, 4) is 33.8 Å². The molecule has 2 aliphatic carbocycles. The number of hydrogen-bond acceptors (Lipinski definition) is 2. The van der Waals surface area contributed by atoms with Gasteiger partial charge in [0.05, 0.1) is 17.0 Å². The molecule has 3 aliphatic rings. The highest BCUT2D eigenvalue weighted by molar-refractivity contribution is 6.10. The quantitative estimate of drug-likeness (QED) is 0.173. The lowest BCUT2D eigenvalue weighted by Gasteiger charge is -2.39. The van der Waals surface area contributed by atoms with Crippen molar-refractivity contribution in [2.24, 2.45) is 0 Å². The molecule has 2 heterocycles. The lowest BCUT2D eigenvalue weighted by molar-refractivity contribution is 0.436. The van der Waals surface area contributed by atoms with Crippen LogP contribution < -0.4 is 9.64 Å². The molecule has 0 saturated heterocycles. The Morgan fingerprint density at radius 2 is 1.11 bits per heavy atom. The van der Waals surface area contributed by atoms with Crippen LogP contribution in [-0.2, 0) is 5.41 Å². The van der Waals surface area contributed by atoms with Crippen molar-refractivity contribution in [1.29, 1.82) is 0 Å². The van der Waals surface area contributed by atoms with E-state index in [1.807, 2.05) is 0 Å². The smallest absolute Gasteiger partial charge is 0.132 e. The van der Waals surface area contributed by atoms with E-state index in [0.29, 0.717) is 0 Å². The third-order valence-electron chi connectivity index (χ3n) is 13.5.